The molecule has 6 heteroatoms. The van der Waals surface area contributed by atoms with Gasteiger partial charge in [-0.3, -0.25) is 0 Å². The zero-order valence-corrected chi connectivity index (χ0v) is 12.6. The van der Waals surface area contributed by atoms with E-state index in [0.29, 0.717) is 0 Å². The highest BCUT2D eigenvalue weighted by Crippen LogP contribution is 2.53. The number of rotatable bonds is 3. The van der Waals surface area contributed by atoms with Crippen LogP contribution >= 0.6 is 0 Å². The second-order valence-electron chi connectivity index (χ2n) is 6.27. The van der Waals surface area contributed by atoms with Gasteiger partial charge in [0.15, 0.2) is 5.79 Å². The van der Waals surface area contributed by atoms with Crippen molar-refractivity contribution in [1.29, 1.82) is 0 Å². The fraction of sp³-hybridized carbons (Fsp3) is 0.786. The van der Waals surface area contributed by atoms with E-state index in [-0.39, 0.29) is 6.61 Å². The van der Waals surface area contributed by atoms with Gasteiger partial charge in [-0.1, -0.05) is 20.4 Å². The van der Waals surface area contributed by atoms with Gasteiger partial charge < -0.3 is 24.8 Å². The van der Waals surface area contributed by atoms with Gasteiger partial charge in [-0.15, -0.1) is 0 Å². The molecule has 0 radical (unpaired) electrons. The van der Waals surface area contributed by atoms with Crippen molar-refractivity contribution < 1.29 is 29.6 Å². The molecule has 3 N–H and O–H groups in total. The van der Waals surface area contributed by atoms with E-state index in [1.807, 2.05) is 0 Å². The fourth-order valence-electron chi connectivity index (χ4n) is 2.35. The first-order chi connectivity index (χ1) is 8.81. The summed E-state index contributed by atoms with van der Waals surface area (Å²) in [6.07, 6.45) is -0.0953. The van der Waals surface area contributed by atoms with E-state index in [1.54, 1.807) is 13.8 Å². The van der Waals surface area contributed by atoms with Crippen LogP contribution in [0, 0.1) is 5.41 Å². The minimum atomic E-state index is -1.72. The van der Waals surface area contributed by atoms with Crippen molar-refractivity contribution in [2.45, 2.75) is 57.7 Å². The lowest BCUT2D eigenvalue weighted by Gasteiger charge is -2.61. The van der Waals surface area contributed by atoms with E-state index >= 15 is 0 Å². The molecule has 1 saturated heterocycles. The molecule has 0 aromatic carbocycles. The van der Waals surface area contributed by atoms with Gasteiger partial charge in [0, 0.05) is 11.5 Å². The SMILES string of the molecule is C=CC(=O)OCC1OC(C)(O)C(C)(C)C(C)(O)C1(C)O. The summed E-state index contributed by atoms with van der Waals surface area (Å²) in [5.74, 6) is -2.38. The summed E-state index contributed by atoms with van der Waals surface area (Å²) in [5.41, 5.74) is -4.55. The largest absolute Gasteiger partial charge is 0.460 e. The number of ether oxygens (including phenoxy) is 2. The van der Waals surface area contributed by atoms with Crippen molar-refractivity contribution in [2.75, 3.05) is 6.61 Å². The zero-order chi connectivity index (χ0) is 16.0. The summed E-state index contributed by atoms with van der Waals surface area (Å²) >= 11 is 0. The summed E-state index contributed by atoms with van der Waals surface area (Å²) in [7, 11) is 0. The Labute approximate surface area is 119 Å². The molecule has 0 aliphatic carbocycles. The number of carbonyl (C=O) groups excluding carboxylic acids is 1. The molecule has 6 nitrogen and oxygen atoms in total. The van der Waals surface area contributed by atoms with Crippen molar-refractivity contribution in [3.8, 4) is 0 Å². The molecule has 0 aromatic heterocycles. The highest BCUT2D eigenvalue weighted by molar-refractivity contribution is 5.81. The van der Waals surface area contributed by atoms with Gasteiger partial charge in [0.05, 0.1) is 0 Å². The Morgan fingerprint density at radius 2 is 1.75 bits per heavy atom. The van der Waals surface area contributed by atoms with E-state index in [4.69, 9.17) is 9.47 Å². The van der Waals surface area contributed by atoms with Crippen molar-refractivity contribution >= 4 is 5.97 Å². The second kappa shape index (κ2) is 4.80. The molecule has 1 heterocycles. The van der Waals surface area contributed by atoms with E-state index in [0.717, 1.165) is 6.08 Å². The van der Waals surface area contributed by atoms with Crippen molar-refractivity contribution in [1.82, 2.24) is 0 Å². The van der Waals surface area contributed by atoms with Crippen molar-refractivity contribution in [3.63, 3.8) is 0 Å². The predicted molar refractivity (Wildman–Crippen MR) is 71.7 cm³/mol. The van der Waals surface area contributed by atoms with E-state index in [9.17, 15) is 20.1 Å². The maximum Gasteiger partial charge on any atom is 0.330 e. The molecule has 1 aliphatic heterocycles. The quantitative estimate of drug-likeness (QED) is 0.512. The summed E-state index contributed by atoms with van der Waals surface area (Å²) in [4.78, 5) is 11.1. The lowest BCUT2D eigenvalue weighted by molar-refractivity contribution is -0.405. The fourth-order valence-corrected chi connectivity index (χ4v) is 2.35. The molecular formula is C14H24O6. The molecule has 0 saturated carbocycles. The van der Waals surface area contributed by atoms with Crippen molar-refractivity contribution in [3.05, 3.63) is 12.7 Å². The van der Waals surface area contributed by atoms with Crippen LogP contribution in [0.4, 0.5) is 0 Å². The summed E-state index contributed by atoms with van der Waals surface area (Å²) in [6.45, 7) is 10.4. The second-order valence-corrected chi connectivity index (χ2v) is 6.27. The maximum absolute atomic E-state index is 11.1. The molecule has 0 bridgehead atoms. The maximum atomic E-state index is 11.1. The minimum absolute atomic E-state index is 0.305. The highest BCUT2D eigenvalue weighted by atomic mass is 16.7. The first-order valence-electron chi connectivity index (χ1n) is 6.45. The Bertz CT molecular complexity index is 408. The molecule has 0 spiro atoms. The molecular weight excluding hydrogens is 264 g/mol. The zero-order valence-electron chi connectivity index (χ0n) is 12.6. The van der Waals surface area contributed by atoms with Crippen LogP contribution in [0.15, 0.2) is 12.7 Å². The summed E-state index contributed by atoms with van der Waals surface area (Å²) < 4.78 is 10.3. The van der Waals surface area contributed by atoms with Crippen LogP contribution in [0.3, 0.4) is 0 Å². The van der Waals surface area contributed by atoms with Gasteiger partial charge in [0.1, 0.15) is 23.9 Å². The van der Waals surface area contributed by atoms with E-state index < -0.39 is 34.5 Å². The average molecular weight is 288 g/mol. The molecule has 1 fully saturated rings. The van der Waals surface area contributed by atoms with Crippen LogP contribution in [0.1, 0.15) is 34.6 Å². The normalized spacial score (nSPS) is 43.9. The van der Waals surface area contributed by atoms with Gasteiger partial charge in [0.2, 0.25) is 0 Å². The Kier molecular flexibility index (Phi) is 4.11. The van der Waals surface area contributed by atoms with Crippen LogP contribution in [0.5, 0.6) is 0 Å². The topological polar surface area (TPSA) is 96.2 Å². The number of aliphatic hydroxyl groups is 3. The Morgan fingerprint density at radius 3 is 2.20 bits per heavy atom. The lowest BCUT2D eigenvalue weighted by Crippen LogP contribution is -2.76. The molecule has 0 aromatic rings. The highest BCUT2D eigenvalue weighted by Gasteiger charge is 2.68. The average Bonchev–Trinajstić information content (AvgIpc) is 2.31. The molecule has 20 heavy (non-hydrogen) atoms. The standard InChI is InChI=1S/C14H24O6/c1-7-10(15)19-8-9-12(4,16)13(5,17)11(2,3)14(6,18)20-9/h7,9,16-18H,1,8H2,2-6H3. The molecule has 116 valence electrons. The Balaban J connectivity index is 3.10. The first-order valence-corrected chi connectivity index (χ1v) is 6.45. The molecule has 4 unspecified atom stereocenters. The third-order valence-corrected chi connectivity index (χ3v) is 4.90. The van der Waals surface area contributed by atoms with Crippen LogP contribution in [-0.4, -0.2) is 51.0 Å². The van der Waals surface area contributed by atoms with Crippen LogP contribution < -0.4 is 0 Å². The Hall–Kier alpha value is -0.950. The van der Waals surface area contributed by atoms with E-state index in [2.05, 4.69) is 6.58 Å². The summed E-state index contributed by atoms with van der Waals surface area (Å²) in [6, 6.07) is 0. The molecule has 4 atom stereocenters. The van der Waals surface area contributed by atoms with Gasteiger partial charge in [-0.2, -0.15) is 0 Å². The predicted octanol–water partition coefficient (Wildman–Crippen LogP) is 0.351. The lowest BCUT2D eigenvalue weighted by atomic mass is 9.59. The smallest absolute Gasteiger partial charge is 0.330 e. The number of hydrogen-bond donors (Lipinski definition) is 3. The van der Waals surface area contributed by atoms with E-state index in [1.165, 1.54) is 20.8 Å². The minimum Gasteiger partial charge on any atom is -0.460 e. The third-order valence-electron chi connectivity index (χ3n) is 4.90. The van der Waals surface area contributed by atoms with Crippen LogP contribution in [0.25, 0.3) is 0 Å². The third kappa shape index (κ3) is 2.26. The number of carbonyl (C=O) groups is 1. The van der Waals surface area contributed by atoms with Gasteiger partial charge in [-0.25, -0.2) is 4.79 Å². The van der Waals surface area contributed by atoms with Gasteiger partial charge >= 0.3 is 5.97 Å². The molecule has 1 aliphatic rings. The van der Waals surface area contributed by atoms with Crippen LogP contribution in [0.2, 0.25) is 0 Å². The monoisotopic (exact) mass is 288 g/mol. The number of esters is 1. The molecule has 0 amide bonds. The van der Waals surface area contributed by atoms with Gasteiger partial charge in [0.25, 0.3) is 0 Å². The molecule has 1 rings (SSSR count). The summed E-state index contributed by atoms with van der Waals surface area (Å²) in [5, 5.41) is 31.7. The number of hydrogen-bond acceptors (Lipinski definition) is 6. The van der Waals surface area contributed by atoms with Crippen molar-refractivity contribution in [2.24, 2.45) is 5.41 Å². The Morgan fingerprint density at radius 1 is 1.25 bits per heavy atom. The first kappa shape index (κ1) is 17.1. The van der Waals surface area contributed by atoms with Gasteiger partial charge in [-0.05, 0) is 20.8 Å². The van der Waals surface area contributed by atoms with Crippen LogP contribution in [-0.2, 0) is 14.3 Å².